The Morgan fingerprint density at radius 1 is 1.26 bits per heavy atom. The number of aromatic amines is 1. The van der Waals surface area contributed by atoms with Gasteiger partial charge in [-0.15, -0.1) is 10.2 Å². The van der Waals surface area contributed by atoms with Gasteiger partial charge in [0.15, 0.2) is 22.6 Å². The third-order valence-electron chi connectivity index (χ3n) is 4.28. The van der Waals surface area contributed by atoms with E-state index in [-0.39, 0.29) is 6.10 Å². The van der Waals surface area contributed by atoms with E-state index in [1.54, 1.807) is 4.52 Å². The van der Waals surface area contributed by atoms with Gasteiger partial charge in [-0.2, -0.15) is 14.7 Å². The number of nitrogens with one attached hydrogen (secondary N) is 1. The van der Waals surface area contributed by atoms with Gasteiger partial charge in [-0.25, -0.2) is 0 Å². The molecule has 9 heteroatoms. The van der Waals surface area contributed by atoms with Gasteiger partial charge in [0.1, 0.15) is 12.3 Å². The molecule has 8 nitrogen and oxygen atoms in total. The van der Waals surface area contributed by atoms with Crippen LogP contribution in [0.1, 0.15) is 30.7 Å². The second-order valence-corrected chi connectivity index (χ2v) is 7.89. The summed E-state index contributed by atoms with van der Waals surface area (Å²) in [5.74, 6) is 2.65. The first-order valence-electron chi connectivity index (χ1n) is 8.82. The highest BCUT2D eigenvalue weighted by Crippen LogP contribution is 2.37. The Morgan fingerprint density at radius 2 is 2.11 bits per heavy atom. The topological polar surface area (TPSA) is 90.2 Å². The zero-order chi connectivity index (χ0) is 18.4. The number of hydrogen-bond acceptors (Lipinski definition) is 7. The van der Waals surface area contributed by atoms with Crippen LogP contribution in [0.15, 0.2) is 30.3 Å². The Bertz CT molecular complexity index is 1100. The van der Waals surface area contributed by atoms with Crippen LogP contribution in [0.2, 0.25) is 0 Å². The number of fused-ring (bicyclic) bond motifs is 2. The fraction of sp³-hybridized carbons (Fsp3) is 0.333. The summed E-state index contributed by atoms with van der Waals surface area (Å²) < 4.78 is 13.6. The summed E-state index contributed by atoms with van der Waals surface area (Å²) in [4.78, 5) is 0.705. The van der Waals surface area contributed by atoms with E-state index in [0.29, 0.717) is 23.3 Å². The van der Waals surface area contributed by atoms with Gasteiger partial charge in [0.05, 0.1) is 0 Å². The fourth-order valence-corrected chi connectivity index (χ4v) is 3.94. The first-order valence-corrected chi connectivity index (χ1v) is 9.64. The van der Waals surface area contributed by atoms with E-state index < -0.39 is 0 Å². The van der Waals surface area contributed by atoms with Gasteiger partial charge in [0.2, 0.25) is 10.8 Å². The third-order valence-corrected chi connectivity index (χ3v) is 5.27. The molecule has 0 spiro atoms. The number of nitrogens with zero attached hydrogens (tertiary/aromatic N) is 5. The summed E-state index contributed by atoms with van der Waals surface area (Å²) in [7, 11) is 0. The van der Waals surface area contributed by atoms with Crippen LogP contribution in [0.25, 0.3) is 16.5 Å². The molecule has 4 heterocycles. The van der Waals surface area contributed by atoms with Crippen molar-refractivity contribution in [3.63, 3.8) is 0 Å². The third kappa shape index (κ3) is 2.93. The van der Waals surface area contributed by atoms with Crippen LogP contribution in [0.5, 0.6) is 11.5 Å². The summed E-state index contributed by atoms with van der Waals surface area (Å²) in [5, 5.41) is 21.4. The molecule has 27 heavy (non-hydrogen) atoms. The van der Waals surface area contributed by atoms with E-state index in [2.05, 4.69) is 39.3 Å². The van der Waals surface area contributed by atoms with E-state index >= 15 is 0 Å². The minimum Gasteiger partial charge on any atom is -0.485 e. The van der Waals surface area contributed by atoms with Crippen LogP contribution in [-0.2, 0) is 6.42 Å². The number of rotatable bonds is 4. The van der Waals surface area contributed by atoms with E-state index in [4.69, 9.17) is 9.47 Å². The molecule has 0 aliphatic carbocycles. The van der Waals surface area contributed by atoms with Gasteiger partial charge in [0.25, 0.3) is 0 Å². The lowest BCUT2D eigenvalue weighted by molar-refractivity contribution is 0.0904. The molecule has 1 unspecified atom stereocenters. The molecule has 1 aliphatic heterocycles. The molecule has 4 aromatic rings. The molecule has 1 aliphatic rings. The second-order valence-electron chi connectivity index (χ2n) is 6.90. The van der Waals surface area contributed by atoms with Crippen LogP contribution in [0.3, 0.4) is 0 Å². The summed E-state index contributed by atoms with van der Waals surface area (Å²) in [6, 6.07) is 9.65. The van der Waals surface area contributed by atoms with Gasteiger partial charge < -0.3 is 9.47 Å². The minimum absolute atomic E-state index is 0.268. The van der Waals surface area contributed by atoms with Crippen LogP contribution in [0.4, 0.5) is 0 Å². The smallest absolute Gasteiger partial charge is 0.235 e. The molecular formula is C18H18N6O2S. The zero-order valence-electron chi connectivity index (χ0n) is 14.9. The first kappa shape index (κ1) is 16.2. The molecule has 0 amide bonds. The SMILES string of the molecule is CC(C)Cc1cc(-c2nnc3sc(C4COc5ccccc5O4)nn23)n[nH]1. The summed E-state index contributed by atoms with van der Waals surface area (Å²) in [5.41, 5.74) is 1.81. The molecule has 1 aromatic carbocycles. The van der Waals surface area contributed by atoms with Gasteiger partial charge in [-0.05, 0) is 30.5 Å². The van der Waals surface area contributed by atoms with E-state index in [9.17, 15) is 0 Å². The largest absolute Gasteiger partial charge is 0.485 e. The van der Waals surface area contributed by atoms with E-state index in [1.807, 2.05) is 30.3 Å². The molecular weight excluding hydrogens is 364 g/mol. The van der Waals surface area contributed by atoms with E-state index in [0.717, 1.165) is 34.3 Å². The Morgan fingerprint density at radius 3 is 2.96 bits per heavy atom. The number of para-hydroxylation sites is 2. The lowest BCUT2D eigenvalue weighted by Crippen LogP contribution is -2.21. The monoisotopic (exact) mass is 382 g/mol. The lowest BCUT2D eigenvalue weighted by Gasteiger charge is -2.24. The van der Waals surface area contributed by atoms with Gasteiger partial charge >= 0.3 is 0 Å². The second kappa shape index (κ2) is 6.34. The number of ether oxygens (including phenoxy) is 2. The first-order chi connectivity index (χ1) is 13.2. The molecule has 0 saturated heterocycles. The maximum atomic E-state index is 6.05. The van der Waals surface area contributed by atoms with Gasteiger partial charge in [-0.3, -0.25) is 5.10 Å². The Labute approximate surface area is 159 Å². The summed E-state index contributed by atoms with van der Waals surface area (Å²) >= 11 is 1.45. The molecule has 0 saturated carbocycles. The average Bonchev–Trinajstić information content (AvgIpc) is 3.36. The van der Waals surface area contributed by atoms with Crippen molar-refractivity contribution in [3.05, 3.63) is 41.0 Å². The molecule has 0 fully saturated rings. The predicted octanol–water partition coefficient (Wildman–Crippen LogP) is 3.29. The van der Waals surface area contributed by atoms with Crippen molar-refractivity contribution in [1.82, 2.24) is 30.0 Å². The van der Waals surface area contributed by atoms with Crippen molar-refractivity contribution in [2.75, 3.05) is 6.61 Å². The molecule has 0 radical (unpaired) electrons. The highest BCUT2D eigenvalue weighted by molar-refractivity contribution is 7.16. The van der Waals surface area contributed by atoms with Crippen molar-refractivity contribution < 1.29 is 9.47 Å². The number of H-pyrrole nitrogens is 1. The Kier molecular flexibility index (Phi) is 3.82. The van der Waals surface area contributed by atoms with Crippen LogP contribution in [0, 0.1) is 5.92 Å². The fourth-order valence-electron chi connectivity index (χ4n) is 3.08. The van der Waals surface area contributed by atoms with Crippen molar-refractivity contribution in [2.24, 2.45) is 5.92 Å². The number of aromatic nitrogens is 6. The van der Waals surface area contributed by atoms with Crippen molar-refractivity contribution in [3.8, 4) is 23.0 Å². The molecule has 0 bridgehead atoms. The van der Waals surface area contributed by atoms with E-state index in [1.165, 1.54) is 11.3 Å². The molecule has 3 aromatic heterocycles. The minimum atomic E-state index is -0.268. The standard InChI is InChI=1S/C18H18N6O2S/c1-10(2)7-11-8-12(20-19-11)16-21-22-18-24(16)23-17(27-18)15-9-25-13-5-3-4-6-14(13)26-15/h3-6,8,10,15H,7,9H2,1-2H3,(H,19,20). The highest BCUT2D eigenvalue weighted by atomic mass is 32.1. The predicted molar refractivity (Wildman–Crippen MR) is 100 cm³/mol. The van der Waals surface area contributed by atoms with Crippen molar-refractivity contribution in [1.29, 1.82) is 0 Å². The van der Waals surface area contributed by atoms with Gasteiger partial charge in [0, 0.05) is 5.69 Å². The molecule has 1 N–H and O–H groups in total. The highest BCUT2D eigenvalue weighted by Gasteiger charge is 2.27. The van der Waals surface area contributed by atoms with Gasteiger partial charge in [-0.1, -0.05) is 37.3 Å². The molecule has 1 atom stereocenters. The maximum absolute atomic E-state index is 6.05. The maximum Gasteiger partial charge on any atom is 0.235 e. The van der Waals surface area contributed by atoms with Crippen LogP contribution >= 0.6 is 11.3 Å². The quantitative estimate of drug-likeness (QED) is 0.582. The molecule has 5 rings (SSSR count). The summed E-state index contributed by atoms with van der Waals surface area (Å²) in [6.45, 7) is 4.76. The lowest BCUT2D eigenvalue weighted by atomic mass is 10.1. The Balaban J connectivity index is 1.45. The summed E-state index contributed by atoms with van der Waals surface area (Å²) in [6.07, 6.45) is 0.666. The van der Waals surface area contributed by atoms with Crippen molar-refractivity contribution >= 4 is 16.3 Å². The molecule has 138 valence electrons. The number of benzene rings is 1. The van der Waals surface area contributed by atoms with Crippen molar-refractivity contribution in [2.45, 2.75) is 26.4 Å². The Hall–Kier alpha value is -2.94. The zero-order valence-corrected chi connectivity index (χ0v) is 15.7. The average molecular weight is 382 g/mol. The normalized spacial score (nSPS) is 16.3. The van der Waals surface area contributed by atoms with Crippen LogP contribution < -0.4 is 9.47 Å². The number of hydrogen-bond donors (Lipinski definition) is 1. The van der Waals surface area contributed by atoms with Crippen LogP contribution in [-0.4, -0.2) is 36.6 Å².